The van der Waals surface area contributed by atoms with Gasteiger partial charge in [0.05, 0.1) is 16.9 Å². The molecular weight excluding hydrogens is 363 g/mol. The monoisotopic (exact) mass is 374 g/mol. The van der Waals surface area contributed by atoms with Gasteiger partial charge < -0.3 is 5.11 Å². The minimum atomic E-state index is -0.445. The number of aromatic nitrogens is 2. The molecule has 0 aliphatic heterocycles. The zero-order valence-electron chi connectivity index (χ0n) is 12.7. The van der Waals surface area contributed by atoms with Crippen LogP contribution in [0.5, 0.6) is 5.75 Å². The number of nitrogens with one attached hydrogen (secondary N) is 2. The average molecular weight is 375 g/mol. The van der Waals surface area contributed by atoms with Crippen molar-refractivity contribution in [3.63, 3.8) is 0 Å². The van der Waals surface area contributed by atoms with Gasteiger partial charge in [-0.2, -0.15) is 10.2 Å². The lowest BCUT2D eigenvalue weighted by atomic mass is 10.1. The maximum Gasteiger partial charge on any atom is 0.289 e. The number of H-pyrrole nitrogens is 1. The first-order chi connectivity index (χ1) is 12.0. The van der Waals surface area contributed by atoms with E-state index in [4.69, 9.17) is 23.2 Å². The van der Waals surface area contributed by atoms with Crippen molar-refractivity contribution < 1.29 is 9.90 Å². The van der Waals surface area contributed by atoms with E-state index in [-0.39, 0.29) is 11.4 Å². The summed E-state index contributed by atoms with van der Waals surface area (Å²) in [5, 5.41) is 20.8. The average Bonchev–Trinajstić information content (AvgIpc) is 3.06. The second-order valence-electron chi connectivity index (χ2n) is 5.08. The van der Waals surface area contributed by atoms with Crippen molar-refractivity contribution in [1.29, 1.82) is 0 Å². The number of hydrogen-bond acceptors (Lipinski definition) is 4. The Morgan fingerprint density at radius 1 is 1.16 bits per heavy atom. The molecule has 8 heteroatoms. The van der Waals surface area contributed by atoms with E-state index in [0.717, 1.165) is 5.56 Å². The van der Waals surface area contributed by atoms with Crippen molar-refractivity contribution in [3.05, 3.63) is 69.8 Å². The molecule has 0 atom stereocenters. The van der Waals surface area contributed by atoms with Crippen molar-refractivity contribution >= 4 is 35.3 Å². The highest BCUT2D eigenvalue weighted by Gasteiger charge is 2.12. The fourth-order valence-corrected chi connectivity index (χ4v) is 2.56. The molecule has 126 valence electrons. The molecule has 0 aliphatic rings. The lowest BCUT2D eigenvalue weighted by Crippen LogP contribution is -2.17. The summed E-state index contributed by atoms with van der Waals surface area (Å²) in [5.41, 5.74) is 4.55. The van der Waals surface area contributed by atoms with Gasteiger partial charge in [-0.05, 0) is 54.1 Å². The Morgan fingerprint density at radius 2 is 1.92 bits per heavy atom. The van der Waals surface area contributed by atoms with E-state index in [9.17, 15) is 9.90 Å². The maximum absolute atomic E-state index is 12.1. The van der Waals surface area contributed by atoms with E-state index in [1.165, 1.54) is 18.3 Å². The molecule has 0 spiro atoms. The van der Waals surface area contributed by atoms with E-state index >= 15 is 0 Å². The number of phenolic OH excluding ortho intramolecular Hbond substituents is 1. The molecule has 3 N–H and O–H groups in total. The number of amides is 1. The van der Waals surface area contributed by atoms with E-state index in [2.05, 4.69) is 20.7 Å². The molecule has 3 aromatic rings. The molecule has 0 bridgehead atoms. The quantitative estimate of drug-likeness (QED) is 0.478. The summed E-state index contributed by atoms with van der Waals surface area (Å²) in [6, 6.07) is 13.0. The predicted octanol–water partition coefficient (Wildman–Crippen LogP) is 3.85. The number of aromatic hydroxyl groups is 1. The van der Waals surface area contributed by atoms with Crippen LogP contribution in [0, 0.1) is 0 Å². The topological polar surface area (TPSA) is 90.4 Å². The molecule has 0 saturated heterocycles. The molecule has 1 heterocycles. The number of rotatable bonds is 4. The Labute approximate surface area is 153 Å². The predicted molar refractivity (Wildman–Crippen MR) is 97.2 cm³/mol. The fraction of sp³-hybridized carbons (Fsp3) is 0. The Balaban J connectivity index is 1.69. The number of phenols is 1. The first-order valence-electron chi connectivity index (χ1n) is 7.16. The lowest BCUT2D eigenvalue weighted by Gasteiger charge is -2.00. The van der Waals surface area contributed by atoms with Gasteiger partial charge in [0.15, 0.2) is 0 Å². The molecule has 0 saturated carbocycles. The summed E-state index contributed by atoms with van der Waals surface area (Å²) in [4.78, 5) is 12.1. The van der Waals surface area contributed by atoms with Crippen LogP contribution in [0.2, 0.25) is 10.0 Å². The van der Waals surface area contributed by atoms with Crippen LogP contribution in [0.3, 0.4) is 0 Å². The zero-order valence-corrected chi connectivity index (χ0v) is 14.2. The highest BCUT2D eigenvalue weighted by molar-refractivity contribution is 6.36. The molecule has 0 unspecified atom stereocenters. The highest BCUT2D eigenvalue weighted by Crippen LogP contribution is 2.29. The number of nitrogens with zero attached hydrogens (tertiary/aromatic N) is 2. The maximum atomic E-state index is 12.1. The second-order valence-corrected chi connectivity index (χ2v) is 5.93. The highest BCUT2D eigenvalue weighted by atomic mass is 35.5. The van der Waals surface area contributed by atoms with Gasteiger partial charge in [-0.25, -0.2) is 5.43 Å². The lowest BCUT2D eigenvalue weighted by molar-refractivity contribution is 0.0950. The van der Waals surface area contributed by atoms with Crippen LogP contribution in [0.1, 0.15) is 16.1 Å². The summed E-state index contributed by atoms with van der Waals surface area (Å²) in [7, 11) is 0. The summed E-state index contributed by atoms with van der Waals surface area (Å²) in [6.07, 6.45) is 1.46. The van der Waals surface area contributed by atoms with Gasteiger partial charge in [0, 0.05) is 10.6 Å². The molecule has 25 heavy (non-hydrogen) atoms. The number of hydrazone groups is 1. The van der Waals surface area contributed by atoms with E-state index in [0.29, 0.717) is 21.3 Å². The Hall–Kier alpha value is -2.83. The van der Waals surface area contributed by atoms with Gasteiger partial charge in [-0.1, -0.05) is 23.2 Å². The third-order valence-corrected chi connectivity index (χ3v) is 3.85. The number of carbonyl (C=O) groups is 1. The molecule has 0 aliphatic carbocycles. The van der Waals surface area contributed by atoms with Crippen molar-refractivity contribution in [2.45, 2.75) is 0 Å². The molecule has 1 amide bonds. The van der Waals surface area contributed by atoms with Gasteiger partial charge >= 0.3 is 0 Å². The number of halogens is 2. The Bertz CT molecular complexity index is 936. The van der Waals surface area contributed by atoms with E-state index in [1.807, 2.05) is 0 Å². The van der Waals surface area contributed by atoms with Crippen LogP contribution in [0.4, 0.5) is 0 Å². The summed E-state index contributed by atoms with van der Waals surface area (Å²) in [5.74, 6) is -0.286. The normalized spacial score (nSPS) is 11.0. The SMILES string of the molecule is O=C(NN=Cc1ccc(O)cc1)c1cc(-c2ccc(Cl)cc2Cl)n[nH]1. The second kappa shape index (κ2) is 7.38. The van der Waals surface area contributed by atoms with Gasteiger partial charge in [0.2, 0.25) is 0 Å². The number of hydrogen-bond donors (Lipinski definition) is 3. The molecule has 0 radical (unpaired) electrons. The van der Waals surface area contributed by atoms with Gasteiger partial charge in [-0.3, -0.25) is 9.89 Å². The third kappa shape index (κ3) is 4.17. The van der Waals surface area contributed by atoms with Crippen molar-refractivity contribution in [1.82, 2.24) is 15.6 Å². The van der Waals surface area contributed by atoms with E-state index < -0.39 is 5.91 Å². The van der Waals surface area contributed by atoms with Crippen molar-refractivity contribution in [2.75, 3.05) is 0 Å². The number of carbonyl (C=O) groups excluding carboxylic acids is 1. The van der Waals surface area contributed by atoms with Crippen molar-refractivity contribution in [2.24, 2.45) is 5.10 Å². The van der Waals surface area contributed by atoms with Crippen LogP contribution in [-0.4, -0.2) is 27.4 Å². The first kappa shape index (κ1) is 17.0. The minimum Gasteiger partial charge on any atom is -0.508 e. The van der Waals surface area contributed by atoms with Gasteiger partial charge in [0.1, 0.15) is 11.4 Å². The molecule has 3 rings (SSSR count). The van der Waals surface area contributed by atoms with Crippen LogP contribution in [-0.2, 0) is 0 Å². The molecule has 0 fully saturated rings. The Kier molecular flexibility index (Phi) is 5.02. The number of benzene rings is 2. The van der Waals surface area contributed by atoms with Crippen molar-refractivity contribution in [3.8, 4) is 17.0 Å². The molecule has 6 nitrogen and oxygen atoms in total. The summed E-state index contributed by atoms with van der Waals surface area (Å²) >= 11 is 12.0. The number of aromatic amines is 1. The smallest absolute Gasteiger partial charge is 0.289 e. The fourth-order valence-electron chi connectivity index (χ4n) is 2.06. The largest absolute Gasteiger partial charge is 0.508 e. The molecular formula is C17H12Cl2N4O2. The van der Waals surface area contributed by atoms with E-state index in [1.54, 1.807) is 36.4 Å². The third-order valence-electron chi connectivity index (χ3n) is 3.30. The zero-order chi connectivity index (χ0) is 17.8. The van der Waals surface area contributed by atoms with Crippen LogP contribution in [0.25, 0.3) is 11.3 Å². The summed E-state index contributed by atoms with van der Waals surface area (Å²) in [6.45, 7) is 0. The van der Waals surface area contributed by atoms with Crippen LogP contribution in [0.15, 0.2) is 53.6 Å². The van der Waals surface area contributed by atoms with Gasteiger partial charge in [0.25, 0.3) is 5.91 Å². The standard InChI is InChI=1S/C17H12Cl2N4O2/c18-11-3-6-13(14(19)7-11)15-8-16(22-21-15)17(25)23-20-9-10-1-4-12(24)5-2-10/h1-9,24H,(H,21,22)(H,23,25). The molecule has 1 aromatic heterocycles. The van der Waals surface area contributed by atoms with Crippen LogP contribution >= 0.6 is 23.2 Å². The Morgan fingerprint density at radius 3 is 2.64 bits per heavy atom. The minimum absolute atomic E-state index is 0.159. The van der Waals surface area contributed by atoms with Gasteiger partial charge in [-0.15, -0.1) is 0 Å². The summed E-state index contributed by atoms with van der Waals surface area (Å²) < 4.78 is 0. The first-order valence-corrected chi connectivity index (χ1v) is 7.92. The van der Waals surface area contributed by atoms with Crippen LogP contribution < -0.4 is 5.43 Å². The molecule has 2 aromatic carbocycles.